The van der Waals surface area contributed by atoms with Crippen molar-refractivity contribution >= 4 is 17.6 Å². The average molecular weight is 369 g/mol. The summed E-state index contributed by atoms with van der Waals surface area (Å²) in [6.45, 7) is 2.34. The highest BCUT2D eigenvalue weighted by Crippen LogP contribution is 2.11. The van der Waals surface area contributed by atoms with Crippen molar-refractivity contribution < 1.29 is 14.3 Å². The summed E-state index contributed by atoms with van der Waals surface area (Å²) >= 11 is 0. The topological polar surface area (TPSA) is 70.7 Å². The SMILES string of the molecule is COC[C@H](Cc1ccccc1)N(C)C(=O)NCc1ccc(NC(C)=O)cc1. The Bertz CT molecular complexity index is 732. The lowest BCUT2D eigenvalue weighted by Crippen LogP contribution is -2.46. The number of nitrogens with zero attached hydrogens (tertiary/aromatic N) is 1. The van der Waals surface area contributed by atoms with E-state index in [0.29, 0.717) is 13.2 Å². The molecule has 6 nitrogen and oxygen atoms in total. The first-order chi connectivity index (χ1) is 13.0. The van der Waals surface area contributed by atoms with E-state index in [0.717, 1.165) is 23.2 Å². The summed E-state index contributed by atoms with van der Waals surface area (Å²) < 4.78 is 5.30. The lowest BCUT2D eigenvalue weighted by atomic mass is 10.1. The Labute approximate surface area is 160 Å². The van der Waals surface area contributed by atoms with Gasteiger partial charge in [-0.05, 0) is 29.7 Å². The Morgan fingerprint density at radius 2 is 1.70 bits per heavy atom. The summed E-state index contributed by atoms with van der Waals surface area (Å²) in [5, 5.41) is 5.65. The summed E-state index contributed by atoms with van der Waals surface area (Å²) in [5.41, 5.74) is 2.85. The molecular weight excluding hydrogens is 342 g/mol. The van der Waals surface area contributed by atoms with Crippen molar-refractivity contribution in [3.63, 3.8) is 0 Å². The smallest absolute Gasteiger partial charge is 0.317 e. The molecule has 27 heavy (non-hydrogen) atoms. The standard InChI is InChI=1S/C21H27N3O3/c1-16(25)23-19-11-9-18(10-12-19)14-22-21(26)24(2)20(15-27-3)13-17-7-5-4-6-8-17/h4-12,20H,13-15H2,1-3H3,(H,22,26)(H,23,25)/t20-/m0/s1. The lowest BCUT2D eigenvalue weighted by Gasteiger charge is -2.28. The van der Waals surface area contributed by atoms with Crippen LogP contribution >= 0.6 is 0 Å². The van der Waals surface area contributed by atoms with E-state index in [1.807, 2.05) is 54.6 Å². The number of urea groups is 1. The predicted molar refractivity (Wildman–Crippen MR) is 107 cm³/mol. The quantitative estimate of drug-likeness (QED) is 0.751. The summed E-state index contributed by atoms with van der Waals surface area (Å²) in [6, 6.07) is 17.2. The second kappa shape index (κ2) is 10.3. The molecule has 0 unspecified atom stereocenters. The number of methoxy groups -OCH3 is 1. The molecule has 2 rings (SSSR count). The summed E-state index contributed by atoms with van der Waals surface area (Å²) in [4.78, 5) is 25.3. The number of carbonyl (C=O) groups excluding carboxylic acids is 2. The summed E-state index contributed by atoms with van der Waals surface area (Å²) in [5.74, 6) is -0.111. The monoisotopic (exact) mass is 369 g/mol. The maximum absolute atomic E-state index is 12.5. The van der Waals surface area contributed by atoms with Gasteiger partial charge in [-0.3, -0.25) is 4.79 Å². The van der Waals surface area contributed by atoms with Crippen LogP contribution in [0, 0.1) is 0 Å². The molecule has 0 fully saturated rings. The van der Waals surface area contributed by atoms with Crippen molar-refractivity contribution in [3.05, 3.63) is 65.7 Å². The zero-order valence-corrected chi connectivity index (χ0v) is 16.1. The Kier molecular flexibility index (Phi) is 7.82. The molecule has 2 aromatic rings. The van der Waals surface area contributed by atoms with Crippen LogP contribution in [0.15, 0.2) is 54.6 Å². The molecular formula is C21H27N3O3. The van der Waals surface area contributed by atoms with E-state index in [9.17, 15) is 9.59 Å². The number of likely N-dealkylation sites (N-methyl/N-ethyl adjacent to an activating group) is 1. The fourth-order valence-corrected chi connectivity index (χ4v) is 2.76. The van der Waals surface area contributed by atoms with Crippen LogP contribution in [-0.2, 0) is 22.5 Å². The Morgan fingerprint density at radius 1 is 1.04 bits per heavy atom. The van der Waals surface area contributed by atoms with Crippen LogP contribution in [0.3, 0.4) is 0 Å². The van der Waals surface area contributed by atoms with Crippen molar-refractivity contribution in [2.75, 3.05) is 26.1 Å². The zero-order valence-electron chi connectivity index (χ0n) is 16.1. The third kappa shape index (κ3) is 6.75. The van der Waals surface area contributed by atoms with Gasteiger partial charge < -0.3 is 20.3 Å². The highest BCUT2D eigenvalue weighted by Gasteiger charge is 2.20. The van der Waals surface area contributed by atoms with Gasteiger partial charge in [0.2, 0.25) is 5.91 Å². The van der Waals surface area contributed by atoms with Crippen molar-refractivity contribution in [3.8, 4) is 0 Å². The Balaban J connectivity index is 1.91. The number of hydrogen-bond acceptors (Lipinski definition) is 3. The zero-order chi connectivity index (χ0) is 19.6. The number of ether oxygens (including phenoxy) is 1. The van der Waals surface area contributed by atoms with E-state index in [4.69, 9.17) is 4.74 Å². The third-order valence-electron chi connectivity index (χ3n) is 4.26. The molecule has 1 atom stereocenters. The maximum Gasteiger partial charge on any atom is 0.317 e. The number of anilines is 1. The van der Waals surface area contributed by atoms with Crippen LogP contribution in [-0.4, -0.2) is 43.6 Å². The van der Waals surface area contributed by atoms with Crippen LogP contribution in [0.25, 0.3) is 0 Å². The van der Waals surface area contributed by atoms with Crippen LogP contribution in [0.5, 0.6) is 0 Å². The van der Waals surface area contributed by atoms with E-state index >= 15 is 0 Å². The first-order valence-electron chi connectivity index (χ1n) is 8.89. The fraction of sp³-hybridized carbons (Fsp3) is 0.333. The Morgan fingerprint density at radius 3 is 2.30 bits per heavy atom. The number of nitrogens with one attached hydrogen (secondary N) is 2. The molecule has 0 bridgehead atoms. The molecule has 6 heteroatoms. The molecule has 3 amide bonds. The minimum Gasteiger partial charge on any atom is -0.383 e. The summed E-state index contributed by atoms with van der Waals surface area (Å²) in [7, 11) is 3.42. The number of carbonyl (C=O) groups is 2. The number of benzene rings is 2. The second-order valence-electron chi connectivity index (χ2n) is 6.45. The molecule has 2 aromatic carbocycles. The van der Waals surface area contributed by atoms with Crippen LogP contribution in [0.4, 0.5) is 10.5 Å². The van der Waals surface area contributed by atoms with Crippen LogP contribution in [0.1, 0.15) is 18.1 Å². The van der Waals surface area contributed by atoms with Crippen molar-refractivity contribution in [1.82, 2.24) is 10.2 Å². The van der Waals surface area contributed by atoms with Gasteiger partial charge in [-0.1, -0.05) is 42.5 Å². The molecule has 0 saturated carbocycles. The van der Waals surface area contributed by atoms with E-state index < -0.39 is 0 Å². The largest absolute Gasteiger partial charge is 0.383 e. The molecule has 0 heterocycles. The molecule has 0 aliphatic rings. The fourth-order valence-electron chi connectivity index (χ4n) is 2.76. The first-order valence-corrected chi connectivity index (χ1v) is 8.89. The van der Waals surface area contributed by atoms with E-state index in [2.05, 4.69) is 10.6 Å². The minimum atomic E-state index is -0.154. The van der Waals surface area contributed by atoms with Gasteiger partial charge in [-0.2, -0.15) is 0 Å². The molecule has 2 N–H and O–H groups in total. The van der Waals surface area contributed by atoms with Gasteiger partial charge >= 0.3 is 6.03 Å². The molecule has 0 saturated heterocycles. The van der Waals surface area contributed by atoms with Crippen molar-refractivity contribution in [2.45, 2.75) is 25.9 Å². The molecule has 0 aliphatic carbocycles. The van der Waals surface area contributed by atoms with Crippen LogP contribution in [0.2, 0.25) is 0 Å². The summed E-state index contributed by atoms with van der Waals surface area (Å²) in [6.07, 6.45) is 0.726. The molecule has 0 radical (unpaired) electrons. The maximum atomic E-state index is 12.5. The Hall–Kier alpha value is -2.86. The van der Waals surface area contributed by atoms with E-state index in [-0.39, 0.29) is 18.0 Å². The normalized spacial score (nSPS) is 11.5. The highest BCUT2D eigenvalue weighted by molar-refractivity contribution is 5.88. The molecule has 0 aliphatic heterocycles. The van der Waals surface area contributed by atoms with Gasteiger partial charge in [0.05, 0.1) is 12.6 Å². The lowest BCUT2D eigenvalue weighted by molar-refractivity contribution is -0.114. The van der Waals surface area contributed by atoms with Gasteiger partial charge in [0.15, 0.2) is 0 Å². The third-order valence-corrected chi connectivity index (χ3v) is 4.26. The van der Waals surface area contributed by atoms with Crippen molar-refractivity contribution in [1.29, 1.82) is 0 Å². The van der Waals surface area contributed by atoms with Gasteiger partial charge in [-0.15, -0.1) is 0 Å². The molecule has 144 valence electrons. The minimum absolute atomic E-state index is 0.0560. The number of amides is 3. The first kappa shape index (κ1) is 20.5. The van der Waals surface area contributed by atoms with Crippen LogP contribution < -0.4 is 10.6 Å². The van der Waals surface area contributed by atoms with Gasteiger partial charge in [-0.25, -0.2) is 4.79 Å². The number of hydrogen-bond donors (Lipinski definition) is 2. The van der Waals surface area contributed by atoms with Gasteiger partial charge in [0, 0.05) is 33.3 Å². The molecule has 0 aromatic heterocycles. The second-order valence-corrected chi connectivity index (χ2v) is 6.45. The van der Waals surface area contributed by atoms with E-state index in [1.54, 1.807) is 19.1 Å². The van der Waals surface area contributed by atoms with Crippen molar-refractivity contribution in [2.24, 2.45) is 0 Å². The van der Waals surface area contributed by atoms with Gasteiger partial charge in [0.1, 0.15) is 0 Å². The van der Waals surface area contributed by atoms with E-state index in [1.165, 1.54) is 6.92 Å². The van der Waals surface area contributed by atoms with Gasteiger partial charge in [0.25, 0.3) is 0 Å². The number of rotatable bonds is 8. The molecule has 0 spiro atoms. The predicted octanol–water partition coefficient (Wildman–Crippen LogP) is 3.04. The average Bonchev–Trinajstić information content (AvgIpc) is 2.66. The highest BCUT2D eigenvalue weighted by atomic mass is 16.5.